The topological polar surface area (TPSA) is 32.3 Å². The molecule has 0 saturated carbocycles. The van der Waals surface area contributed by atoms with E-state index in [0.717, 1.165) is 38.5 Å². The first kappa shape index (κ1) is 13.1. The molecule has 3 rings (SSSR count). The van der Waals surface area contributed by atoms with Gasteiger partial charge in [-0.3, -0.25) is 9.88 Å². The summed E-state index contributed by atoms with van der Waals surface area (Å²) in [5, 5.41) is 0. The maximum atomic E-state index is 4.45. The zero-order valence-electron chi connectivity index (χ0n) is 11.7. The van der Waals surface area contributed by atoms with Gasteiger partial charge >= 0.3 is 0 Å². The van der Waals surface area contributed by atoms with Crippen molar-refractivity contribution in [3.8, 4) is 0 Å². The van der Waals surface area contributed by atoms with Gasteiger partial charge in [-0.1, -0.05) is 6.07 Å². The average molecular weight is 268 g/mol. The molecule has 0 amide bonds. The van der Waals surface area contributed by atoms with Crippen LogP contribution in [0.25, 0.3) is 0 Å². The van der Waals surface area contributed by atoms with E-state index >= 15 is 0 Å². The number of anilines is 1. The van der Waals surface area contributed by atoms with Gasteiger partial charge in [-0.2, -0.15) is 0 Å². The van der Waals surface area contributed by atoms with Crippen LogP contribution in [0, 0.1) is 0 Å². The van der Waals surface area contributed by atoms with Crippen LogP contribution in [0.2, 0.25) is 0 Å². The Balaban J connectivity index is 1.60. The SMILES string of the molecule is c1ccc(N2CCCN(Cc3ccncc3)CC2)nc1. The third kappa shape index (κ3) is 3.33. The van der Waals surface area contributed by atoms with Gasteiger partial charge in [0.05, 0.1) is 0 Å². The van der Waals surface area contributed by atoms with Crippen LogP contribution in [0.15, 0.2) is 48.9 Å². The highest BCUT2D eigenvalue weighted by Crippen LogP contribution is 2.14. The number of rotatable bonds is 3. The Kier molecular flexibility index (Phi) is 4.23. The van der Waals surface area contributed by atoms with Crippen LogP contribution in [-0.2, 0) is 6.54 Å². The zero-order chi connectivity index (χ0) is 13.6. The highest BCUT2D eigenvalue weighted by molar-refractivity contribution is 5.37. The Morgan fingerprint density at radius 2 is 1.80 bits per heavy atom. The molecule has 0 N–H and O–H groups in total. The predicted molar refractivity (Wildman–Crippen MR) is 80.6 cm³/mol. The van der Waals surface area contributed by atoms with Crippen molar-refractivity contribution in [3.63, 3.8) is 0 Å². The highest BCUT2D eigenvalue weighted by Gasteiger charge is 2.15. The summed E-state index contributed by atoms with van der Waals surface area (Å²) in [4.78, 5) is 13.4. The Bertz CT molecular complexity index is 515. The molecule has 0 radical (unpaired) electrons. The van der Waals surface area contributed by atoms with Crippen LogP contribution < -0.4 is 4.90 Å². The fraction of sp³-hybridized carbons (Fsp3) is 0.375. The van der Waals surface area contributed by atoms with E-state index in [4.69, 9.17) is 0 Å². The number of aromatic nitrogens is 2. The normalized spacial score (nSPS) is 16.9. The van der Waals surface area contributed by atoms with Crippen molar-refractivity contribution in [1.29, 1.82) is 0 Å². The maximum absolute atomic E-state index is 4.45. The fourth-order valence-corrected chi connectivity index (χ4v) is 2.65. The second-order valence-electron chi connectivity index (χ2n) is 5.16. The second kappa shape index (κ2) is 6.48. The molecule has 1 saturated heterocycles. The zero-order valence-corrected chi connectivity index (χ0v) is 11.7. The molecule has 0 aliphatic carbocycles. The minimum atomic E-state index is 1.01. The van der Waals surface area contributed by atoms with Gasteiger partial charge in [-0.05, 0) is 36.2 Å². The molecule has 0 unspecified atom stereocenters. The molecule has 1 aliphatic heterocycles. The van der Waals surface area contributed by atoms with Crippen molar-refractivity contribution < 1.29 is 0 Å². The molecule has 104 valence electrons. The van der Waals surface area contributed by atoms with Gasteiger partial charge in [-0.25, -0.2) is 4.98 Å². The summed E-state index contributed by atoms with van der Waals surface area (Å²) in [6, 6.07) is 10.3. The lowest BCUT2D eigenvalue weighted by Crippen LogP contribution is -2.30. The molecular formula is C16H20N4. The minimum Gasteiger partial charge on any atom is -0.355 e. The van der Waals surface area contributed by atoms with Gasteiger partial charge in [0.1, 0.15) is 5.82 Å². The van der Waals surface area contributed by atoms with Crippen molar-refractivity contribution >= 4 is 5.82 Å². The molecule has 1 aliphatic rings. The number of hydrogen-bond donors (Lipinski definition) is 0. The summed E-state index contributed by atoms with van der Waals surface area (Å²) in [6.07, 6.45) is 6.79. The number of nitrogens with zero attached hydrogens (tertiary/aromatic N) is 4. The van der Waals surface area contributed by atoms with Gasteiger partial charge in [0.25, 0.3) is 0 Å². The largest absolute Gasteiger partial charge is 0.355 e. The standard InChI is InChI=1S/C16H20N4/c1-2-7-18-16(4-1)20-11-3-10-19(12-13-20)14-15-5-8-17-9-6-15/h1-2,4-9H,3,10-14H2. The van der Waals surface area contributed by atoms with E-state index in [-0.39, 0.29) is 0 Å². The van der Waals surface area contributed by atoms with Crippen LogP contribution in [0.3, 0.4) is 0 Å². The monoisotopic (exact) mass is 268 g/mol. The predicted octanol–water partition coefficient (Wildman–Crippen LogP) is 2.19. The smallest absolute Gasteiger partial charge is 0.128 e. The lowest BCUT2D eigenvalue weighted by molar-refractivity contribution is 0.285. The number of pyridine rings is 2. The fourth-order valence-electron chi connectivity index (χ4n) is 2.65. The van der Waals surface area contributed by atoms with Crippen LogP contribution in [-0.4, -0.2) is 41.0 Å². The van der Waals surface area contributed by atoms with Crippen molar-refractivity contribution in [2.24, 2.45) is 0 Å². The summed E-state index contributed by atoms with van der Waals surface area (Å²) in [5.74, 6) is 1.10. The molecule has 4 nitrogen and oxygen atoms in total. The first-order valence-corrected chi connectivity index (χ1v) is 7.19. The highest BCUT2D eigenvalue weighted by atomic mass is 15.2. The Morgan fingerprint density at radius 1 is 0.900 bits per heavy atom. The lowest BCUT2D eigenvalue weighted by atomic mass is 10.2. The summed E-state index contributed by atoms with van der Waals surface area (Å²) in [5.41, 5.74) is 1.34. The van der Waals surface area contributed by atoms with Crippen LogP contribution in [0.1, 0.15) is 12.0 Å². The third-order valence-electron chi connectivity index (χ3n) is 3.72. The molecular weight excluding hydrogens is 248 g/mol. The van der Waals surface area contributed by atoms with Crippen LogP contribution in [0.5, 0.6) is 0 Å². The van der Waals surface area contributed by atoms with Gasteiger partial charge < -0.3 is 4.90 Å². The molecule has 2 aromatic rings. The molecule has 2 aromatic heterocycles. The molecule has 1 fully saturated rings. The van der Waals surface area contributed by atoms with Crippen molar-refractivity contribution in [2.75, 3.05) is 31.1 Å². The van der Waals surface area contributed by atoms with Crippen molar-refractivity contribution in [1.82, 2.24) is 14.9 Å². The molecule has 20 heavy (non-hydrogen) atoms. The summed E-state index contributed by atoms with van der Waals surface area (Å²) < 4.78 is 0. The summed E-state index contributed by atoms with van der Waals surface area (Å²) in [6.45, 7) is 5.37. The third-order valence-corrected chi connectivity index (χ3v) is 3.72. The molecule has 0 spiro atoms. The van der Waals surface area contributed by atoms with E-state index in [9.17, 15) is 0 Å². The van der Waals surface area contributed by atoms with Crippen LogP contribution >= 0.6 is 0 Å². The molecule has 0 aromatic carbocycles. The minimum absolute atomic E-state index is 1.01. The quantitative estimate of drug-likeness (QED) is 0.854. The van der Waals surface area contributed by atoms with Gasteiger partial charge in [0.15, 0.2) is 0 Å². The van der Waals surface area contributed by atoms with Crippen molar-refractivity contribution in [3.05, 3.63) is 54.5 Å². The van der Waals surface area contributed by atoms with Gasteiger partial charge in [-0.15, -0.1) is 0 Å². The average Bonchev–Trinajstić information content (AvgIpc) is 2.75. The number of hydrogen-bond acceptors (Lipinski definition) is 4. The van der Waals surface area contributed by atoms with Crippen molar-refractivity contribution in [2.45, 2.75) is 13.0 Å². The van der Waals surface area contributed by atoms with E-state index in [0.29, 0.717) is 0 Å². The maximum Gasteiger partial charge on any atom is 0.128 e. The van der Waals surface area contributed by atoms with Crippen LogP contribution in [0.4, 0.5) is 5.82 Å². The summed E-state index contributed by atoms with van der Waals surface area (Å²) in [7, 11) is 0. The van der Waals surface area contributed by atoms with E-state index < -0.39 is 0 Å². The first-order chi connectivity index (χ1) is 9.92. The van der Waals surface area contributed by atoms with E-state index in [1.54, 1.807) is 0 Å². The van der Waals surface area contributed by atoms with Gasteiger partial charge in [0.2, 0.25) is 0 Å². The second-order valence-corrected chi connectivity index (χ2v) is 5.16. The van der Waals surface area contributed by atoms with Gasteiger partial charge in [0, 0.05) is 51.3 Å². The molecule has 0 bridgehead atoms. The Morgan fingerprint density at radius 3 is 2.60 bits per heavy atom. The summed E-state index contributed by atoms with van der Waals surface area (Å²) >= 11 is 0. The molecule has 3 heterocycles. The Labute approximate surface area is 120 Å². The van der Waals surface area contributed by atoms with E-state index in [2.05, 4.69) is 44.0 Å². The Hall–Kier alpha value is -1.94. The van der Waals surface area contributed by atoms with E-state index in [1.807, 2.05) is 24.7 Å². The lowest BCUT2D eigenvalue weighted by Gasteiger charge is -2.22. The molecule has 4 heteroatoms. The van der Waals surface area contributed by atoms with E-state index in [1.165, 1.54) is 12.0 Å². The molecule has 0 atom stereocenters. The first-order valence-electron chi connectivity index (χ1n) is 7.19.